The highest BCUT2D eigenvalue weighted by Gasteiger charge is 2.23. The highest BCUT2D eigenvalue weighted by molar-refractivity contribution is 9.10. The van der Waals surface area contributed by atoms with Gasteiger partial charge in [0.15, 0.2) is 0 Å². The van der Waals surface area contributed by atoms with Crippen LogP contribution >= 0.6 is 15.9 Å². The molecule has 0 spiro atoms. The number of hydrogen-bond donors (Lipinski definition) is 2. The maximum Gasteiger partial charge on any atom is 0.326 e. The molecule has 4 nitrogen and oxygen atoms in total. The number of carboxylic acid groups (broad SMARTS) is 1. The summed E-state index contributed by atoms with van der Waals surface area (Å²) in [5, 5.41) is 11.6. The fraction of sp³-hybridized carbons (Fsp3) is 0.429. The van der Waals surface area contributed by atoms with E-state index in [4.69, 9.17) is 5.11 Å². The molecule has 0 radical (unpaired) electrons. The van der Waals surface area contributed by atoms with Gasteiger partial charge in [0.2, 0.25) is 5.91 Å². The van der Waals surface area contributed by atoms with Crippen LogP contribution in [0.1, 0.15) is 25.0 Å². The van der Waals surface area contributed by atoms with Crippen molar-refractivity contribution in [1.82, 2.24) is 5.32 Å². The average molecular weight is 328 g/mol. The van der Waals surface area contributed by atoms with Crippen molar-refractivity contribution in [3.63, 3.8) is 0 Å². The molecular formula is C14H18BrNO3. The lowest BCUT2D eigenvalue weighted by Gasteiger charge is -2.18. The van der Waals surface area contributed by atoms with Crippen molar-refractivity contribution in [3.8, 4) is 0 Å². The predicted molar refractivity (Wildman–Crippen MR) is 77.0 cm³/mol. The number of carbonyl (C=O) groups excluding carboxylic acids is 1. The fourth-order valence-corrected chi connectivity index (χ4v) is 2.16. The Balaban J connectivity index is 2.75. The number of nitrogens with one attached hydrogen (secondary N) is 1. The van der Waals surface area contributed by atoms with E-state index in [1.807, 2.05) is 25.1 Å². The van der Waals surface area contributed by atoms with Gasteiger partial charge in [-0.25, -0.2) is 4.79 Å². The Morgan fingerprint density at radius 2 is 2.00 bits per heavy atom. The van der Waals surface area contributed by atoms with Crippen LogP contribution in [0.15, 0.2) is 22.7 Å². The molecule has 0 aliphatic carbocycles. The first-order valence-electron chi connectivity index (χ1n) is 6.09. The maximum atomic E-state index is 11.9. The van der Waals surface area contributed by atoms with Gasteiger partial charge in [-0.1, -0.05) is 41.9 Å². The van der Waals surface area contributed by atoms with Crippen molar-refractivity contribution in [2.24, 2.45) is 5.92 Å². The van der Waals surface area contributed by atoms with Gasteiger partial charge < -0.3 is 10.4 Å². The molecule has 0 aliphatic heterocycles. The minimum atomic E-state index is -1.01. The van der Waals surface area contributed by atoms with Gasteiger partial charge in [0.25, 0.3) is 0 Å². The quantitative estimate of drug-likeness (QED) is 0.873. The van der Waals surface area contributed by atoms with Crippen LogP contribution < -0.4 is 5.32 Å². The summed E-state index contributed by atoms with van der Waals surface area (Å²) in [5.74, 6) is -1.43. The first-order valence-corrected chi connectivity index (χ1v) is 6.88. The first kappa shape index (κ1) is 15.7. The molecule has 0 unspecified atom stereocenters. The molecule has 1 aromatic carbocycles. The van der Waals surface area contributed by atoms with Crippen molar-refractivity contribution < 1.29 is 14.7 Å². The van der Waals surface area contributed by atoms with Crippen molar-refractivity contribution in [1.29, 1.82) is 0 Å². The van der Waals surface area contributed by atoms with Gasteiger partial charge in [0, 0.05) is 4.47 Å². The van der Waals surface area contributed by atoms with E-state index < -0.39 is 12.0 Å². The monoisotopic (exact) mass is 327 g/mol. The van der Waals surface area contributed by atoms with Gasteiger partial charge in [-0.3, -0.25) is 4.79 Å². The van der Waals surface area contributed by atoms with Crippen LogP contribution in [0, 0.1) is 12.8 Å². The third-order valence-corrected chi connectivity index (χ3v) is 3.84. The van der Waals surface area contributed by atoms with Crippen molar-refractivity contribution >= 4 is 27.8 Å². The number of benzene rings is 1. The molecule has 1 amide bonds. The molecule has 0 heterocycles. The number of carboxylic acids is 1. The van der Waals surface area contributed by atoms with E-state index in [1.165, 1.54) is 0 Å². The highest BCUT2D eigenvalue weighted by Crippen LogP contribution is 2.19. The Morgan fingerprint density at radius 1 is 1.37 bits per heavy atom. The summed E-state index contributed by atoms with van der Waals surface area (Å²) in [7, 11) is 0. The summed E-state index contributed by atoms with van der Waals surface area (Å²) in [6.07, 6.45) is 0.182. The molecule has 0 aromatic heterocycles. The van der Waals surface area contributed by atoms with Crippen LogP contribution in [0.4, 0.5) is 0 Å². The first-order chi connectivity index (χ1) is 8.82. The molecule has 0 aliphatic rings. The average Bonchev–Trinajstić information content (AvgIpc) is 2.31. The van der Waals surface area contributed by atoms with E-state index in [0.717, 1.165) is 15.6 Å². The third-order valence-electron chi connectivity index (χ3n) is 2.98. The largest absolute Gasteiger partial charge is 0.480 e. The highest BCUT2D eigenvalue weighted by atomic mass is 79.9. The maximum absolute atomic E-state index is 11.9. The van der Waals surface area contributed by atoms with Gasteiger partial charge >= 0.3 is 5.97 Å². The summed E-state index contributed by atoms with van der Waals surface area (Å²) >= 11 is 3.41. The second-order valence-corrected chi connectivity index (χ2v) is 5.68. The molecule has 0 fully saturated rings. The summed E-state index contributed by atoms with van der Waals surface area (Å²) < 4.78 is 0.941. The van der Waals surface area contributed by atoms with Gasteiger partial charge in [0.05, 0.1) is 6.42 Å². The molecule has 104 valence electrons. The van der Waals surface area contributed by atoms with Crippen LogP contribution in [0.25, 0.3) is 0 Å². The molecule has 1 atom stereocenters. The number of hydrogen-bond acceptors (Lipinski definition) is 2. The summed E-state index contributed by atoms with van der Waals surface area (Å²) in [5.41, 5.74) is 1.88. The molecule has 0 saturated heterocycles. The number of halogens is 1. The number of aliphatic carboxylic acids is 1. The van der Waals surface area contributed by atoms with Gasteiger partial charge in [-0.2, -0.15) is 0 Å². The Morgan fingerprint density at radius 3 is 2.53 bits per heavy atom. The molecule has 1 aromatic rings. The zero-order chi connectivity index (χ0) is 14.6. The molecular weight excluding hydrogens is 310 g/mol. The SMILES string of the molecule is Cc1c(Br)cccc1CC(=O)N[C@@H](C(=O)O)C(C)C. The van der Waals surface area contributed by atoms with Crippen molar-refractivity contribution in [2.75, 3.05) is 0 Å². The van der Waals surface area contributed by atoms with Crippen molar-refractivity contribution in [3.05, 3.63) is 33.8 Å². The lowest BCUT2D eigenvalue weighted by Crippen LogP contribution is -2.44. The second-order valence-electron chi connectivity index (χ2n) is 4.83. The molecule has 0 saturated carbocycles. The smallest absolute Gasteiger partial charge is 0.326 e. The van der Waals surface area contributed by atoms with Gasteiger partial charge in [-0.05, 0) is 30.0 Å². The van der Waals surface area contributed by atoms with E-state index >= 15 is 0 Å². The van der Waals surface area contributed by atoms with Crippen molar-refractivity contribution in [2.45, 2.75) is 33.2 Å². The summed E-state index contributed by atoms with van der Waals surface area (Å²) in [4.78, 5) is 22.9. The van der Waals surface area contributed by atoms with E-state index in [-0.39, 0.29) is 18.2 Å². The number of rotatable bonds is 5. The minimum Gasteiger partial charge on any atom is -0.480 e. The third kappa shape index (κ3) is 4.35. The van der Waals surface area contributed by atoms with E-state index in [0.29, 0.717) is 0 Å². The lowest BCUT2D eigenvalue weighted by molar-refractivity contribution is -0.143. The van der Waals surface area contributed by atoms with Crippen LogP contribution in [0.2, 0.25) is 0 Å². The van der Waals surface area contributed by atoms with E-state index in [9.17, 15) is 9.59 Å². The molecule has 2 N–H and O–H groups in total. The Bertz CT molecular complexity index is 486. The van der Waals surface area contributed by atoms with Gasteiger partial charge in [-0.15, -0.1) is 0 Å². The number of carbonyl (C=O) groups is 2. The zero-order valence-corrected chi connectivity index (χ0v) is 12.8. The Labute approximate surface area is 121 Å². The normalized spacial score (nSPS) is 12.3. The van der Waals surface area contributed by atoms with Crippen LogP contribution in [-0.2, 0) is 16.0 Å². The minimum absolute atomic E-state index is 0.148. The molecule has 5 heteroatoms. The Kier molecular flexibility index (Phi) is 5.54. The van der Waals surface area contributed by atoms with E-state index in [1.54, 1.807) is 13.8 Å². The van der Waals surface area contributed by atoms with Crippen LogP contribution in [0.3, 0.4) is 0 Å². The lowest BCUT2D eigenvalue weighted by atomic mass is 10.0. The second kappa shape index (κ2) is 6.70. The van der Waals surface area contributed by atoms with Gasteiger partial charge in [0.1, 0.15) is 6.04 Å². The molecule has 19 heavy (non-hydrogen) atoms. The standard InChI is InChI=1S/C14H18BrNO3/c1-8(2)13(14(18)19)16-12(17)7-10-5-4-6-11(15)9(10)3/h4-6,8,13H,7H2,1-3H3,(H,16,17)(H,18,19)/t13-/m1/s1. The van der Waals surface area contributed by atoms with Crippen LogP contribution in [0.5, 0.6) is 0 Å². The Hall–Kier alpha value is -1.36. The number of amides is 1. The summed E-state index contributed by atoms with van der Waals surface area (Å²) in [6, 6.07) is 4.78. The summed E-state index contributed by atoms with van der Waals surface area (Å²) in [6.45, 7) is 5.46. The zero-order valence-electron chi connectivity index (χ0n) is 11.2. The van der Waals surface area contributed by atoms with Crippen LogP contribution in [-0.4, -0.2) is 23.0 Å². The molecule has 0 bridgehead atoms. The predicted octanol–water partition coefficient (Wildman–Crippen LogP) is 2.53. The van der Waals surface area contributed by atoms with E-state index in [2.05, 4.69) is 21.2 Å². The fourth-order valence-electron chi connectivity index (χ4n) is 1.75. The topological polar surface area (TPSA) is 66.4 Å². The molecule has 1 rings (SSSR count).